The third kappa shape index (κ3) is 2.37. The summed E-state index contributed by atoms with van der Waals surface area (Å²) in [6.07, 6.45) is -0.306. The molecule has 0 aliphatic carbocycles. The predicted molar refractivity (Wildman–Crippen MR) is 62.8 cm³/mol. The highest BCUT2D eigenvalue weighted by Crippen LogP contribution is 2.33. The molecular weight excluding hydrogens is 192 g/mol. The van der Waals surface area contributed by atoms with E-state index in [1.165, 1.54) is 9.75 Å². The molecule has 0 radical (unpaired) electrons. The minimum Gasteiger partial charge on any atom is -0.388 e. The molecule has 2 atom stereocenters. The Morgan fingerprint density at radius 1 is 1.21 bits per heavy atom. The van der Waals surface area contributed by atoms with Crippen LogP contribution in [0, 0.1) is 25.7 Å². The Kier molecular flexibility index (Phi) is 3.73. The van der Waals surface area contributed by atoms with Crippen LogP contribution in [0.1, 0.15) is 42.2 Å². The van der Waals surface area contributed by atoms with Gasteiger partial charge in [0.15, 0.2) is 0 Å². The Bertz CT molecular complexity index is 301. The minimum absolute atomic E-state index is 0.306. The number of aliphatic hydroxyl groups is 1. The van der Waals surface area contributed by atoms with Gasteiger partial charge >= 0.3 is 0 Å². The van der Waals surface area contributed by atoms with Crippen molar-refractivity contribution >= 4 is 11.3 Å². The first-order valence-electron chi connectivity index (χ1n) is 5.18. The average Bonchev–Trinajstić information content (AvgIpc) is 2.42. The molecule has 0 aliphatic rings. The third-order valence-electron chi connectivity index (χ3n) is 2.95. The molecule has 0 amide bonds. The van der Waals surface area contributed by atoms with E-state index in [1.807, 2.05) is 0 Å². The molecule has 14 heavy (non-hydrogen) atoms. The molecule has 0 spiro atoms. The fraction of sp³-hybridized carbons (Fsp3) is 0.667. The molecule has 1 heterocycles. The standard InChI is InChI=1S/C12H20OS/c1-7(2)9(4)12(13)11-6-8(3)14-10(11)5/h6-7,9,12-13H,1-5H3. The van der Waals surface area contributed by atoms with Crippen LogP contribution in [0.3, 0.4) is 0 Å². The zero-order valence-corrected chi connectivity index (χ0v) is 10.5. The van der Waals surface area contributed by atoms with Gasteiger partial charge in [-0.15, -0.1) is 11.3 Å². The number of thiophene rings is 1. The maximum atomic E-state index is 10.2. The highest BCUT2D eigenvalue weighted by atomic mass is 32.1. The minimum atomic E-state index is -0.306. The summed E-state index contributed by atoms with van der Waals surface area (Å²) in [5.41, 5.74) is 1.12. The first-order chi connectivity index (χ1) is 6.43. The van der Waals surface area contributed by atoms with Crippen LogP contribution in [0.4, 0.5) is 0 Å². The van der Waals surface area contributed by atoms with Crippen molar-refractivity contribution in [3.63, 3.8) is 0 Å². The van der Waals surface area contributed by atoms with Crippen molar-refractivity contribution in [1.29, 1.82) is 0 Å². The number of hydrogen-bond donors (Lipinski definition) is 1. The van der Waals surface area contributed by atoms with Crippen LogP contribution in [0.15, 0.2) is 6.07 Å². The van der Waals surface area contributed by atoms with Gasteiger partial charge in [0.05, 0.1) is 6.10 Å². The SMILES string of the molecule is Cc1cc(C(O)C(C)C(C)C)c(C)s1. The van der Waals surface area contributed by atoms with Gasteiger partial charge in [0.25, 0.3) is 0 Å². The van der Waals surface area contributed by atoms with Gasteiger partial charge in [0.1, 0.15) is 0 Å². The number of aliphatic hydroxyl groups excluding tert-OH is 1. The lowest BCUT2D eigenvalue weighted by Gasteiger charge is -2.22. The Balaban J connectivity index is 2.88. The summed E-state index contributed by atoms with van der Waals surface area (Å²) in [5, 5.41) is 10.2. The smallest absolute Gasteiger partial charge is 0.0828 e. The second-order valence-corrected chi connectivity index (χ2v) is 5.88. The number of rotatable bonds is 3. The van der Waals surface area contributed by atoms with Crippen molar-refractivity contribution in [1.82, 2.24) is 0 Å². The highest BCUT2D eigenvalue weighted by Gasteiger charge is 2.21. The van der Waals surface area contributed by atoms with Crippen molar-refractivity contribution in [3.05, 3.63) is 21.4 Å². The van der Waals surface area contributed by atoms with Crippen molar-refractivity contribution in [2.24, 2.45) is 11.8 Å². The summed E-state index contributed by atoms with van der Waals surface area (Å²) >= 11 is 1.77. The van der Waals surface area contributed by atoms with Crippen LogP contribution in [0.5, 0.6) is 0 Å². The van der Waals surface area contributed by atoms with E-state index in [4.69, 9.17) is 0 Å². The van der Waals surface area contributed by atoms with Crippen LogP contribution in [0.25, 0.3) is 0 Å². The van der Waals surface area contributed by atoms with Gasteiger partial charge in [-0.3, -0.25) is 0 Å². The van der Waals surface area contributed by atoms with E-state index in [-0.39, 0.29) is 6.10 Å². The van der Waals surface area contributed by atoms with Crippen LogP contribution in [-0.2, 0) is 0 Å². The maximum absolute atomic E-state index is 10.2. The second-order valence-electron chi connectivity index (χ2n) is 4.42. The average molecular weight is 212 g/mol. The summed E-state index contributed by atoms with van der Waals surface area (Å²) in [6, 6.07) is 2.11. The molecule has 0 bridgehead atoms. The summed E-state index contributed by atoms with van der Waals surface area (Å²) in [4.78, 5) is 2.54. The summed E-state index contributed by atoms with van der Waals surface area (Å²) in [5.74, 6) is 0.840. The molecule has 1 rings (SSSR count). The van der Waals surface area contributed by atoms with Crippen molar-refractivity contribution in [2.45, 2.75) is 40.7 Å². The monoisotopic (exact) mass is 212 g/mol. The summed E-state index contributed by atoms with van der Waals surface area (Å²) in [7, 11) is 0. The molecule has 1 nitrogen and oxygen atoms in total. The maximum Gasteiger partial charge on any atom is 0.0828 e. The lowest BCUT2D eigenvalue weighted by molar-refractivity contribution is 0.0920. The highest BCUT2D eigenvalue weighted by molar-refractivity contribution is 7.12. The summed E-state index contributed by atoms with van der Waals surface area (Å²) < 4.78 is 0. The predicted octanol–water partition coefficient (Wildman–Crippen LogP) is 3.69. The quantitative estimate of drug-likeness (QED) is 0.810. The van der Waals surface area contributed by atoms with E-state index in [9.17, 15) is 5.11 Å². The topological polar surface area (TPSA) is 20.2 Å². The molecule has 1 N–H and O–H groups in total. The van der Waals surface area contributed by atoms with Crippen LogP contribution in [-0.4, -0.2) is 5.11 Å². The first-order valence-corrected chi connectivity index (χ1v) is 6.00. The van der Waals surface area contributed by atoms with Gasteiger partial charge < -0.3 is 5.11 Å². The van der Waals surface area contributed by atoms with E-state index in [1.54, 1.807) is 11.3 Å². The largest absolute Gasteiger partial charge is 0.388 e. The fourth-order valence-electron chi connectivity index (χ4n) is 1.59. The number of hydrogen-bond acceptors (Lipinski definition) is 2. The second kappa shape index (κ2) is 4.45. The van der Waals surface area contributed by atoms with Gasteiger partial charge in [-0.2, -0.15) is 0 Å². The van der Waals surface area contributed by atoms with E-state index >= 15 is 0 Å². The molecule has 2 heteroatoms. The molecule has 2 unspecified atom stereocenters. The summed E-state index contributed by atoms with van der Waals surface area (Å²) in [6.45, 7) is 10.6. The van der Waals surface area contributed by atoms with Gasteiger partial charge in [-0.1, -0.05) is 20.8 Å². The van der Waals surface area contributed by atoms with Crippen LogP contribution in [0.2, 0.25) is 0 Å². The lowest BCUT2D eigenvalue weighted by Crippen LogP contribution is -2.14. The molecular formula is C12H20OS. The van der Waals surface area contributed by atoms with Crippen molar-refractivity contribution < 1.29 is 5.11 Å². The molecule has 1 aromatic rings. The van der Waals surface area contributed by atoms with E-state index in [0.717, 1.165) is 5.56 Å². The zero-order valence-electron chi connectivity index (χ0n) is 9.66. The zero-order chi connectivity index (χ0) is 10.9. The van der Waals surface area contributed by atoms with Gasteiger partial charge in [-0.25, -0.2) is 0 Å². The van der Waals surface area contributed by atoms with Crippen molar-refractivity contribution in [3.8, 4) is 0 Å². The van der Waals surface area contributed by atoms with Gasteiger partial charge in [-0.05, 0) is 37.3 Å². The molecule has 0 aromatic carbocycles. The van der Waals surface area contributed by atoms with Gasteiger partial charge in [0, 0.05) is 9.75 Å². The van der Waals surface area contributed by atoms with Crippen LogP contribution >= 0.6 is 11.3 Å². The number of aryl methyl sites for hydroxylation is 2. The normalized spacial score (nSPS) is 15.9. The van der Waals surface area contributed by atoms with Gasteiger partial charge in [0.2, 0.25) is 0 Å². The van der Waals surface area contributed by atoms with E-state index in [0.29, 0.717) is 11.8 Å². The molecule has 0 saturated heterocycles. The fourth-order valence-corrected chi connectivity index (χ4v) is 2.56. The Hall–Kier alpha value is -0.340. The Morgan fingerprint density at radius 3 is 2.14 bits per heavy atom. The molecule has 0 aliphatic heterocycles. The Labute approximate surface area is 90.8 Å². The van der Waals surface area contributed by atoms with E-state index < -0.39 is 0 Å². The Morgan fingerprint density at radius 2 is 1.79 bits per heavy atom. The van der Waals surface area contributed by atoms with Crippen molar-refractivity contribution in [2.75, 3.05) is 0 Å². The molecule has 0 fully saturated rings. The first kappa shape index (κ1) is 11.7. The molecule has 0 saturated carbocycles. The van der Waals surface area contributed by atoms with E-state index in [2.05, 4.69) is 40.7 Å². The molecule has 1 aromatic heterocycles. The van der Waals surface area contributed by atoms with Crippen LogP contribution < -0.4 is 0 Å². The lowest BCUT2D eigenvalue weighted by atomic mass is 9.88. The molecule has 80 valence electrons. The third-order valence-corrected chi connectivity index (χ3v) is 3.93.